The van der Waals surface area contributed by atoms with Crippen molar-refractivity contribution in [2.45, 2.75) is 69.9 Å². The van der Waals surface area contributed by atoms with Crippen LogP contribution in [0.25, 0.3) is 11.1 Å². The highest BCUT2D eigenvalue weighted by Crippen LogP contribution is 2.31. The number of benzene rings is 2. The van der Waals surface area contributed by atoms with Crippen molar-refractivity contribution in [2.75, 3.05) is 32.7 Å². The van der Waals surface area contributed by atoms with Gasteiger partial charge < -0.3 is 9.80 Å². The first-order valence-electron chi connectivity index (χ1n) is 13.7. The summed E-state index contributed by atoms with van der Waals surface area (Å²) < 4.78 is 0. The van der Waals surface area contributed by atoms with Gasteiger partial charge in [-0.1, -0.05) is 37.1 Å². The van der Waals surface area contributed by atoms with E-state index in [-0.39, 0.29) is 11.8 Å². The minimum Gasteiger partial charge on any atom is -0.339 e. The minimum absolute atomic E-state index is 0.138. The predicted octanol–water partition coefficient (Wildman–Crippen LogP) is 4.99. The molecule has 3 heterocycles. The molecule has 6 rings (SSSR count). The summed E-state index contributed by atoms with van der Waals surface area (Å²) >= 11 is 0. The second kappa shape index (κ2) is 9.77. The Kier molecular flexibility index (Phi) is 6.36. The number of carbonyl (C=O) groups is 2. The Morgan fingerprint density at radius 3 is 2.23 bits per heavy atom. The molecule has 0 N–H and O–H groups in total. The molecule has 0 bridgehead atoms. The van der Waals surface area contributed by atoms with Gasteiger partial charge in [0.1, 0.15) is 0 Å². The fourth-order valence-corrected chi connectivity index (χ4v) is 6.78. The van der Waals surface area contributed by atoms with E-state index in [9.17, 15) is 9.59 Å². The van der Waals surface area contributed by atoms with E-state index in [2.05, 4.69) is 21.9 Å². The quantitative estimate of drug-likeness (QED) is 0.631. The zero-order valence-corrected chi connectivity index (χ0v) is 20.8. The molecule has 1 atom stereocenters. The van der Waals surface area contributed by atoms with Crippen molar-refractivity contribution in [3.63, 3.8) is 0 Å². The van der Waals surface area contributed by atoms with Crippen LogP contribution in [0.2, 0.25) is 0 Å². The molecule has 0 radical (unpaired) electrons. The standard InChI is InChI=1S/C30H37N3O2/c34-29(31-16-3-4-17-31)23-11-9-22(10-12-23)24-13-14-28-25(20-24)15-19-33(30(28)35)27-8-5-18-32(21-27)26-6-1-2-7-26/h9-14,20,26-27H,1-8,15-19,21H2/t27-/m1/s1. The van der Waals surface area contributed by atoms with Gasteiger partial charge in [0.15, 0.2) is 0 Å². The Balaban J connectivity index is 1.15. The Labute approximate surface area is 209 Å². The summed E-state index contributed by atoms with van der Waals surface area (Å²) in [7, 11) is 0. The summed E-state index contributed by atoms with van der Waals surface area (Å²) in [5.74, 6) is 0.349. The molecule has 35 heavy (non-hydrogen) atoms. The van der Waals surface area contributed by atoms with Crippen LogP contribution in [0.4, 0.5) is 0 Å². The van der Waals surface area contributed by atoms with Gasteiger partial charge in [-0.3, -0.25) is 14.5 Å². The summed E-state index contributed by atoms with van der Waals surface area (Å²) in [4.78, 5) is 33.0. The Morgan fingerprint density at radius 2 is 1.46 bits per heavy atom. The predicted molar refractivity (Wildman–Crippen MR) is 139 cm³/mol. The molecule has 5 heteroatoms. The molecular formula is C30H37N3O2. The van der Waals surface area contributed by atoms with Crippen LogP contribution in [-0.4, -0.2) is 71.3 Å². The topological polar surface area (TPSA) is 43.9 Å². The number of nitrogens with zero attached hydrogens (tertiary/aromatic N) is 3. The monoisotopic (exact) mass is 471 g/mol. The van der Waals surface area contributed by atoms with E-state index in [1.165, 1.54) is 38.6 Å². The zero-order valence-electron chi connectivity index (χ0n) is 20.8. The summed E-state index contributed by atoms with van der Waals surface area (Å²) in [6.45, 7) is 4.81. The first-order valence-corrected chi connectivity index (χ1v) is 13.7. The number of piperidine rings is 1. The molecule has 4 aliphatic rings. The number of carbonyl (C=O) groups excluding carboxylic acids is 2. The highest BCUT2D eigenvalue weighted by molar-refractivity contribution is 5.98. The average Bonchev–Trinajstić information content (AvgIpc) is 3.64. The van der Waals surface area contributed by atoms with Gasteiger partial charge in [-0.2, -0.15) is 0 Å². The summed E-state index contributed by atoms with van der Waals surface area (Å²) in [6.07, 6.45) is 10.9. The third kappa shape index (κ3) is 4.51. The highest BCUT2D eigenvalue weighted by Gasteiger charge is 2.35. The second-order valence-electron chi connectivity index (χ2n) is 10.9. The van der Waals surface area contributed by atoms with Crippen molar-refractivity contribution in [3.8, 4) is 11.1 Å². The first kappa shape index (κ1) is 22.8. The van der Waals surface area contributed by atoms with Crippen LogP contribution in [0.5, 0.6) is 0 Å². The number of rotatable bonds is 4. The van der Waals surface area contributed by atoms with Crippen LogP contribution in [0.15, 0.2) is 42.5 Å². The van der Waals surface area contributed by atoms with E-state index in [0.29, 0.717) is 6.04 Å². The van der Waals surface area contributed by atoms with Crippen LogP contribution >= 0.6 is 0 Å². The van der Waals surface area contributed by atoms with Crippen LogP contribution in [0, 0.1) is 0 Å². The van der Waals surface area contributed by atoms with Gasteiger partial charge in [-0.25, -0.2) is 0 Å². The van der Waals surface area contributed by atoms with Crippen molar-refractivity contribution in [1.29, 1.82) is 0 Å². The Hall–Kier alpha value is -2.66. The molecule has 5 nitrogen and oxygen atoms in total. The molecule has 3 fully saturated rings. The molecular weight excluding hydrogens is 434 g/mol. The van der Waals surface area contributed by atoms with Crippen LogP contribution in [-0.2, 0) is 6.42 Å². The van der Waals surface area contributed by atoms with Gasteiger partial charge in [-0.15, -0.1) is 0 Å². The summed E-state index contributed by atoms with van der Waals surface area (Å²) in [6, 6.07) is 15.4. The molecule has 2 aromatic carbocycles. The maximum absolute atomic E-state index is 13.5. The van der Waals surface area contributed by atoms with Gasteiger partial charge in [0.2, 0.25) is 0 Å². The lowest BCUT2D eigenvalue weighted by Crippen LogP contribution is -2.54. The second-order valence-corrected chi connectivity index (χ2v) is 10.9. The number of hydrogen-bond donors (Lipinski definition) is 0. The van der Waals surface area contributed by atoms with Gasteiger partial charge in [0.05, 0.1) is 0 Å². The van der Waals surface area contributed by atoms with E-state index in [1.807, 2.05) is 35.2 Å². The molecule has 1 aliphatic carbocycles. The minimum atomic E-state index is 0.138. The zero-order chi connectivity index (χ0) is 23.8. The van der Waals surface area contributed by atoms with Crippen molar-refractivity contribution in [1.82, 2.24) is 14.7 Å². The van der Waals surface area contributed by atoms with Gasteiger partial charge in [0, 0.05) is 49.4 Å². The van der Waals surface area contributed by atoms with E-state index in [4.69, 9.17) is 0 Å². The van der Waals surface area contributed by atoms with Crippen LogP contribution < -0.4 is 0 Å². The van der Waals surface area contributed by atoms with Crippen molar-refractivity contribution in [2.24, 2.45) is 0 Å². The smallest absolute Gasteiger partial charge is 0.254 e. The van der Waals surface area contributed by atoms with E-state index in [1.54, 1.807) is 0 Å². The Morgan fingerprint density at radius 1 is 0.743 bits per heavy atom. The number of fused-ring (bicyclic) bond motifs is 1. The van der Waals surface area contributed by atoms with Crippen LogP contribution in [0.1, 0.15) is 77.6 Å². The fraction of sp³-hybridized carbons (Fsp3) is 0.533. The number of amides is 2. The fourth-order valence-electron chi connectivity index (χ4n) is 6.78. The maximum Gasteiger partial charge on any atom is 0.254 e. The summed E-state index contributed by atoms with van der Waals surface area (Å²) in [5, 5.41) is 0. The normalized spacial score (nSPS) is 23.7. The van der Waals surface area contributed by atoms with Crippen molar-refractivity contribution >= 4 is 11.8 Å². The lowest BCUT2D eigenvalue weighted by atomic mass is 9.91. The molecule has 184 valence electrons. The molecule has 1 saturated carbocycles. The summed E-state index contributed by atoms with van der Waals surface area (Å²) in [5.41, 5.74) is 5.01. The SMILES string of the molecule is O=C(c1ccc(-c2ccc3c(c2)CCN([C@@H]2CCCN(C4CCCC4)C2)C3=O)cc1)N1CCCC1. The third-order valence-electron chi connectivity index (χ3n) is 8.79. The van der Waals surface area contributed by atoms with E-state index in [0.717, 1.165) is 85.7 Å². The lowest BCUT2D eigenvalue weighted by molar-refractivity contribution is 0.0456. The van der Waals surface area contributed by atoms with E-state index >= 15 is 0 Å². The first-order chi connectivity index (χ1) is 17.2. The molecule has 0 unspecified atom stereocenters. The van der Waals surface area contributed by atoms with E-state index < -0.39 is 0 Å². The molecule has 0 aromatic heterocycles. The maximum atomic E-state index is 13.5. The van der Waals surface area contributed by atoms with Gasteiger partial charge in [-0.05, 0) is 86.4 Å². The van der Waals surface area contributed by atoms with Crippen molar-refractivity contribution < 1.29 is 9.59 Å². The Bertz CT molecular complexity index is 1080. The third-order valence-corrected chi connectivity index (χ3v) is 8.79. The van der Waals surface area contributed by atoms with Crippen molar-refractivity contribution in [3.05, 3.63) is 59.2 Å². The largest absolute Gasteiger partial charge is 0.339 e. The highest BCUT2D eigenvalue weighted by atomic mass is 16.2. The van der Waals surface area contributed by atoms with Gasteiger partial charge >= 0.3 is 0 Å². The molecule has 2 saturated heterocycles. The lowest BCUT2D eigenvalue weighted by Gasteiger charge is -2.43. The van der Waals surface area contributed by atoms with Crippen LogP contribution in [0.3, 0.4) is 0 Å². The molecule has 3 aliphatic heterocycles. The number of likely N-dealkylation sites (tertiary alicyclic amines) is 2. The molecule has 2 aromatic rings. The average molecular weight is 472 g/mol. The molecule has 0 spiro atoms. The number of hydrogen-bond acceptors (Lipinski definition) is 3. The molecule has 2 amide bonds. The van der Waals surface area contributed by atoms with Gasteiger partial charge in [0.25, 0.3) is 11.8 Å².